The van der Waals surface area contributed by atoms with E-state index in [-0.39, 0.29) is 5.82 Å². The van der Waals surface area contributed by atoms with E-state index in [4.69, 9.17) is 4.74 Å². The van der Waals surface area contributed by atoms with Crippen LogP contribution in [0.25, 0.3) is 0 Å². The van der Waals surface area contributed by atoms with Crippen LogP contribution in [0.3, 0.4) is 0 Å². The lowest BCUT2D eigenvalue weighted by atomic mass is 10.1. The lowest BCUT2D eigenvalue weighted by Crippen LogP contribution is -2.38. The summed E-state index contributed by atoms with van der Waals surface area (Å²) in [6.07, 6.45) is 0. The van der Waals surface area contributed by atoms with Gasteiger partial charge in [-0.05, 0) is 35.7 Å². The van der Waals surface area contributed by atoms with E-state index in [0.29, 0.717) is 13.1 Å². The minimum atomic E-state index is -0.227. The van der Waals surface area contributed by atoms with Gasteiger partial charge in [-0.1, -0.05) is 36.4 Å². The molecule has 0 radical (unpaired) electrons. The van der Waals surface area contributed by atoms with E-state index >= 15 is 0 Å². The molecule has 1 fully saturated rings. The average Bonchev–Trinajstić information content (AvgIpc) is 2.73. The second-order valence-electron chi connectivity index (χ2n) is 6.83. The molecular weight excluding hydrogens is 355 g/mol. The van der Waals surface area contributed by atoms with E-state index in [0.717, 1.165) is 50.9 Å². The molecule has 0 bridgehead atoms. The van der Waals surface area contributed by atoms with Crippen LogP contribution in [-0.2, 0) is 24.4 Å². The first-order chi connectivity index (χ1) is 13.7. The van der Waals surface area contributed by atoms with Gasteiger partial charge in [0.25, 0.3) is 0 Å². The second-order valence-corrected chi connectivity index (χ2v) is 6.83. The van der Waals surface area contributed by atoms with E-state index < -0.39 is 0 Å². The third kappa shape index (κ3) is 6.32. The van der Waals surface area contributed by atoms with Gasteiger partial charge in [0.15, 0.2) is 5.96 Å². The molecule has 0 aromatic heterocycles. The van der Waals surface area contributed by atoms with Crippen LogP contribution in [0.4, 0.5) is 4.39 Å². The van der Waals surface area contributed by atoms with Gasteiger partial charge in [-0.15, -0.1) is 0 Å². The highest BCUT2D eigenvalue weighted by molar-refractivity contribution is 5.79. The Kier molecular flexibility index (Phi) is 7.82. The smallest absolute Gasteiger partial charge is 0.191 e. The molecule has 28 heavy (non-hydrogen) atoms. The summed E-state index contributed by atoms with van der Waals surface area (Å²) in [5.41, 5.74) is 3.57. The van der Waals surface area contributed by atoms with Crippen molar-refractivity contribution in [2.75, 3.05) is 32.8 Å². The highest BCUT2D eigenvalue weighted by Crippen LogP contribution is 2.13. The van der Waals surface area contributed by atoms with Crippen LogP contribution in [0, 0.1) is 5.82 Å². The maximum atomic E-state index is 13.0. The number of hydrogen-bond donors (Lipinski definition) is 2. The standard InChI is InChI=1S/C22H29FN4O/c1-2-24-22(25-15-18-7-9-21(23)10-8-18)26-16-19-5-3-4-6-20(19)17-27-11-13-28-14-12-27/h3-10H,2,11-17H2,1H3,(H2,24,25,26). The first-order valence-electron chi connectivity index (χ1n) is 9.88. The van der Waals surface area contributed by atoms with Crippen molar-refractivity contribution in [2.45, 2.75) is 26.6 Å². The number of benzene rings is 2. The summed E-state index contributed by atoms with van der Waals surface area (Å²) in [6, 6.07) is 15.0. The van der Waals surface area contributed by atoms with Crippen LogP contribution >= 0.6 is 0 Å². The summed E-state index contributed by atoms with van der Waals surface area (Å²) in [5, 5.41) is 6.69. The van der Waals surface area contributed by atoms with Gasteiger partial charge in [0.2, 0.25) is 0 Å². The fourth-order valence-electron chi connectivity index (χ4n) is 3.17. The van der Waals surface area contributed by atoms with Crippen molar-refractivity contribution in [1.82, 2.24) is 15.5 Å². The maximum Gasteiger partial charge on any atom is 0.191 e. The van der Waals surface area contributed by atoms with Gasteiger partial charge in [-0.3, -0.25) is 4.90 Å². The van der Waals surface area contributed by atoms with Gasteiger partial charge in [0.1, 0.15) is 5.82 Å². The van der Waals surface area contributed by atoms with Crippen LogP contribution in [0.15, 0.2) is 53.5 Å². The molecule has 1 aliphatic rings. The van der Waals surface area contributed by atoms with Crippen molar-refractivity contribution in [3.05, 3.63) is 71.0 Å². The first kappa shape index (κ1) is 20.3. The molecule has 1 saturated heterocycles. The molecule has 2 N–H and O–H groups in total. The van der Waals surface area contributed by atoms with Gasteiger partial charge in [-0.25, -0.2) is 9.38 Å². The Hall–Kier alpha value is -2.44. The molecule has 3 rings (SSSR count). The van der Waals surface area contributed by atoms with E-state index in [1.165, 1.54) is 23.3 Å². The Bertz CT molecular complexity index is 757. The van der Waals surface area contributed by atoms with Gasteiger partial charge in [0.05, 0.1) is 19.8 Å². The molecule has 0 amide bonds. The molecule has 0 atom stereocenters. The predicted octanol–water partition coefficient (Wildman–Crippen LogP) is 2.91. The molecular formula is C22H29FN4O. The number of nitrogens with one attached hydrogen (secondary N) is 2. The molecule has 2 aromatic carbocycles. The number of nitrogens with zero attached hydrogens (tertiary/aromatic N) is 2. The normalized spacial score (nSPS) is 15.4. The minimum Gasteiger partial charge on any atom is -0.379 e. The van der Waals surface area contributed by atoms with Gasteiger partial charge in [-0.2, -0.15) is 0 Å². The Labute approximate surface area is 166 Å². The van der Waals surface area contributed by atoms with E-state index in [1.54, 1.807) is 12.1 Å². The maximum absolute atomic E-state index is 13.0. The molecule has 0 spiro atoms. The second kappa shape index (κ2) is 10.8. The molecule has 5 nitrogen and oxygen atoms in total. The molecule has 0 saturated carbocycles. The number of hydrogen-bond acceptors (Lipinski definition) is 3. The van der Waals surface area contributed by atoms with E-state index in [2.05, 4.69) is 44.8 Å². The zero-order valence-corrected chi connectivity index (χ0v) is 16.5. The summed E-state index contributed by atoms with van der Waals surface area (Å²) in [4.78, 5) is 7.05. The summed E-state index contributed by atoms with van der Waals surface area (Å²) in [7, 11) is 0. The number of guanidine groups is 1. The highest BCUT2D eigenvalue weighted by atomic mass is 19.1. The molecule has 0 aliphatic carbocycles. The zero-order valence-electron chi connectivity index (χ0n) is 16.5. The van der Waals surface area contributed by atoms with Crippen molar-refractivity contribution in [1.29, 1.82) is 0 Å². The quantitative estimate of drug-likeness (QED) is 0.569. The van der Waals surface area contributed by atoms with E-state index in [9.17, 15) is 4.39 Å². The lowest BCUT2D eigenvalue weighted by Gasteiger charge is -2.27. The van der Waals surface area contributed by atoms with E-state index in [1.807, 2.05) is 6.92 Å². The number of morpholine rings is 1. The van der Waals surface area contributed by atoms with Crippen LogP contribution in [-0.4, -0.2) is 43.7 Å². The van der Waals surface area contributed by atoms with Crippen molar-refractivity contribution >= 4 is 5.96 Å². The third-order valence-corrected chi connectivity index (χ3v) is 4.74. The van der Waals surface area contributed by atoms with Crippen LogP contribution in [0.1, 0.15) is 23.6 Å². The third-order valence-electron chi connectivity index (χ3n) is 4.74. The molecule has 1 aliphatic heterocycles. The first-order valence-corrected chi connectivity index (χ1v) is 9.88. The summed E-state index contributed by atoms with van der Waals surface area (Å²) < 4.78 is 18.5. The Balaban J connectivity index is 1.61. The van der Waals surface area contributed by atoms with Crippen molar-refractivity contribution in [2.24, 2.45) is 4.99 Å². The Morgan fingerprint density at radius 3 is 2.46 bits per heavy atom. The van der Waals surface area contributed by atoms with Crippen LogP contribution < -0.4 is 10.6 Å². The largest absolute Gasteiger partial charge is 0.379 e. The van der Waals surface area contributed by atoms with Crippen molar-refractivity contribution in [3.63, 3.8) is 0 Å². The highest BCUT2D eigenvalue weighted by Gasteiger charge is 2.12. The number of aliphatic imine (C=N–C) groups is 1. The summed E-state index contributed by atoms with van der Waals surface area (Å²) in [6.45, 7) is 8.53. The van der Waals surface area contributed by atoms with Crippen LogP contribution in [0.5, 0.6) is 0 Å². The molecule has 150 valence electrons. The fraction of sp³-hybridized carbons (Fsp3) is 0.409. The monoisotopic (exact) mass is 384 g/mol. The Morgan fingerprint density at radius 2 is 1.75 bits per heavy atom. The minimum absolute atomic E-state index is 0.227. The van der Waals surface area contributed by atoms with Crippen molar-refractivity contribution in [3.8, 4) is 0 Å². The van der Waals surface area contributed by atoms with Crippen molar-refractivity contribution < 1.29 is 9.13 Å². The lowest BCUT2D eigenvalue weighted by molar-refractivity contribution is 0.0341. The molecule has 2 aromatic rings. The summed E-state index contributed by atoms with van der Waals surface area (Å²) >= 11 is 0. The number of ether oxygens (including phenoxy) is 1. The number of rotatable bonds is 7. The molecule has 0 unspecified atom stereocenters. The molecule has 1 heterocycles. The van der Waals surface area contributed by atoms with Gasteiger partial charge >= 0.3 is 0 Å². The summed E-state index contributed by atoms with van der Waals surface area (Å²) in [5.74, 6) is 0.530. The van der Waals surface area contributed by atoms with Gasteiger partial charge in [0, 0.05) is 32.7 Å². The molecule has 6 heteroatoms. The number of halogens is 1. The SMILES string of the molecule is CCNC(=NCc1ccc(F)cc1)NCc1ccccc1CN1CCOCC1. The Morgan fingerprint density at radius 1 is 1.04 bits per heavy atom. The zero-order chi connectivity index (χ0) is 19.6. The topological polar surface area (TPSA) is 48.9 Å². The fourth-order valence-corrected chi connectivity index (χ4v) is 3.17. The van der Waals surface area contributed by atoms with Gasteiger partial charge < -0.3 is 15.4 Å². The predicted molar refractivity (Wildman–Crippen MR) is 111 cm³/mol. The van der Waals surface area contributed by atoms with Crippen LogP contribution in [0.2, 0.25) is 0 Å². The average molecular weight is 384 g/mol.